The van der Waals surface area contributed by atoms with Crippen LogP contribution in [0.4, 0.5) is 4.39 Å². The minimum absolute atomic E-state index is 0.0371. The van der Waals surface area contributed by atoms with Crippen molar-refractivity contribution in [3.63, 3.8) is 0 Å². The number of hydrogen-bond donors (Lipinski definition) is 2. The van der Waals surface area contributed by atoms with Gasteiger partial charge in [0.1, 0.15) is 5.82 Å². The Morgan fingerprint density at radius 2 is 2.11 bits per heavy atom. The van der Waals surface area contributed by atoms with Gasteiger partial charge in [-0.1, -0.05) is 12.1 Å². The fourth-order valence-corrected chi connectivity index (χ4v) is 1.55. The number of hydrogen-bond acceptors (Lipinski definition) is 4. The number of aryl methyl sites for hydroxylation is 1. The van der Waals surface area contributed by atoms with Crippen molar-refractivity contribution in [1.29, 1.82) is 0 Å². The fraction of sp³-hybridized carbons (Fsp3) is 0.385. The number of carboxylic acids is 1. The van der Waals surface area contributed by atoms with E-state index in [4.69, 9.17) is 9.84 Å². The number of esters is 1. The highest BCUT2D eigenvalue weighted by molar-refractivity contribution is 5.74. The van der Waals surface area contributed by atoms with Crippen molar-refractivity contribution in [2.45, 2.75) is 25.9 Å². The number of benzene rings is 1. The van der Waals surface area contributed by atoms with Crippen LogP contribution in [0.1, 0.15) is 30.6 Å². The van der Waals surface area contributed by atoms with E-state index in [9.17, 15) is 19.1 Å². The van der Waals surface area contributed by atoms with E-state index >= 15 is 0 Å². The highest BCUT2D eigenvalue weighted by Crippen LogP contribution is 2.18. The molecule has 19 heavy (non-hydrogen) atoms. The van der Waals surface area contributed by atoms with Gasteiger partial charge in [-0.2, -0.15) is 0 Å². The number of aliphatic hydroxyl groups is 1. The van der Waals surface area contributed by atoms with Gasteiger partial charge in [0.05, 0.1) is 6.61 Å². The number of aliphatic hydroxyl groups excluding tert-OH is 1. The second kappa shape index (κ2) is 6.84. The van der Waals surface area contributed by atoms with E-state index in [1.807, 2.05) is 0 Å². The molecule has 1 aromatic carbocycles. The van der Waals surface area contributed by atoms with Crippen molar-refractivity contribution in [3.05, 3.63) is 35.1 Å². The Morgan fingerprint density at radius 3 is 2.63 bits per heavy atom. The van der Waals surface area contributed by atoms with E-state index < -0.39 is 23.9 Å². The van der Waals surface area contributed by atoms with Gasteiger partial charge in [0.25, 0.3) is 0 Å². The molecule has 1 aromatic rings. The summed E-state index contributed by atoms with van der Waals surface area (Å²) in [6.45, 7) is 1.95. The maximum absolute atomic E-state index is 13.7. The molecular weight excluding hydrogens is 255 g/mol. The van der Waals surface area contributed by atoms with Gasteiger partial charge in [-0.3, -0.25) is 4.79 Å². The normalized spacial score (nSPS) is 11.9. The van der Waals surface area contributed by atoms with Gasteiger partial charge in [0, 0.05) is 6.42 Å². The zero-order valence-corrected chi connectivity index (χ0v) is 10.4. The molecule has 0 saturated carbocycles. The van der Waals surface area contributed by atoms with Crippen LogP contribution >= 0.6 is 0 Å². The molecule has 2 N–H and O–H groups in total. The first-order valence-corrected chi connectivity index (χ1v) is 5.80. The molecule has 0 saturated heterocycles. The summed E-state index contributed by atoms with van der Waals surface area (Å²) in [5.74, 6) is -2.52. The molecule has 104 valence electrons. The lowest BCUT2D eigenvalue weighted by molar-refractivity contribution is -0.147. The van der Waals surface area contributed by atoms with Crippen molar-refractivity contribution < 1.29 is 28.9 Å². The molecule has 0 fully saturated rings. The molecule has 0 spiro atoms. The van der Waals surface area contributed by atoms with Crippen molar-refractivity contribution in [3.8, 4) is 0 Å². The maximum Gasteiger partial charge on any atom is 0.337 e. The Kier molecular flexibility index (Phi) is 5.44. The quantitative estimate of drug-likeness (QED) is 0.764. The lowest BCUT2D eigenvalue weighted by Gasteiger charge is -2.08. The van der Waals surface area contributed by atoms with Crippen LogP contribution in [-0.4, -0.2) is 28.8 Å². The number of ether oxygens (including phenoxy) is 1. The van der Waals surface area contributed by atoms with Crippen LogP contribution < -0.4 is 0 Å². The highest BCUT2D eigenvalue weighted by Gasteiger charge is 2.17. The number of aliphatic carboxylic acids is 1. The van der Waals surface area contributed by atoms with E-state index in [1.165, 1.54) is 12.1 Å². The number of halogens is 1. The highest BCUT2D eigenvalue weighted by atomic mass is 19.1. The second-order valence-electron chi connectivity index (χ2n) is 3.90. The minimum Gasteiger partial charge on any atom is -0.479 e. The third kappa shape index (κ3) is 4.33. The minimum atomic E-state index is -1.76. The molecule has 0 radical (unpaired) electrons. The number of carbonyl (C=O) groups is 2. The van der Waals surface area contributed by atoms with Crippen LogP contribution in [0.2, 0.25) is 0 Å². The van der Waals surface area contributed by atoms with Crippen LogP contribution in [0.3, 0.4) is 0 Å². The lowest BCUT2D eigenvalue weighted by Crippen LogP contribution is -2.11. The predicted octanol–water partition coefficient (Wildman–Crippen LogP) is 1.44. The van der Waals surface area contributed by atoms with Gasteiger partial charge in [0.2, 0.25) is 0 Å². The zero-order chi connectivity index (χ0) is 14.4. The smallest absolute Gasteiger partial charge is 0.337 e. The van der Waals surface area contributed by atoms with Gasteiger partial charge in [-0.05, 0) is 30.5 Å². The average Bonchev–Trinajstić information content (AvgIpc) is 2.36. The molecule has 0 aliphatic heterocycles. The molecule has 6 heteroatoms. The van der Waals surface area contributed by atoms with E-state index in [-0.39, 0.29) is 30.6 Å². The third-order valence-corrected chi connectivity index (χ3v) is 2.53. The summed E-state index contributed by atoms with van der Waals surface area (Å²) in [6.07, 6.45) is -1.55. The standard InChI is InChI=1S/C13H15FO5/c1-2-19-11(15)6-5-8-3-4-9(7-10(8)14)12(16)13(17)18/h3-4,7,12,16H,2,5-6H2,1H3,(H,17,18). The molecular formula is C13H15FO5. The van der Waals surface area contributed by atoms with E-state index in [2.05, 4.69) is 0 Å². The molecule has 1 rings (SSSR count). The van der Waals surface area contributed by atoms with Gasteiger partial charge in [-0.25, -0.2) is 9.18 Å². The largest absolute Gasteiger partial charge is 0.479 e. The van der Waals surface area contributed by atoms with Crippen molar-refractivity contribution in [1.82, 2.24) is 0 Å². The Hall–Kier alpha value is -1.95. The molecule has 1 unspecified atom stereocenters. The SMILES string of the molecule is CCOC(=O)CCc1ccc(C(O)C(=O)O)cc1F. The molecule has 0 aliphatic rings. The van der Waals surface area contributed by atoms with Crippen LogP contribution in [0.5, 0.6) is 0 Å². The Morgan fingerprint density at radius 1 is 1.42 bits per heavy atom. The summed E-state index contributed by atoms with van der Waals surface area (Å²) in [7, 11) is 0. The summed E-state index contributed by atoms with van der Waals surface area (Å²) in [6, 6.07) is 3.64. The van der Waals surface area contributed by atoms with Crippen LogP contribution in [0, 0.1) is 5.82 Å². The summed E-state index contributed by atoms with van der Waals surface area (Å²) in [4.78, 5) is 21.7. The van der Waals surface area contributed by atoms with Crippen LogP contribution in [-0.2, 0) is 20.7 Å². The molecule has 0 heterocycles. The van der Waals surface area contributed by atoms with Crippen LogP contribution in [0.15, 0.2) is 18.2 Å². The van der Waals surface area contributed by atoms with Crippen molar-refractivity contribution in [2.24, 2.45) is 0 Å². The lowest BCUT2D eigenvalue weighted by atomic mass is 10.0. The predicted molar refractivity (Wildman–Crippen MR) is 63.9 cm³/mol. The third-order valence-electron chi connectivity index (χ3n) is 2.53. The molecule has 0 amide bonds. The average molecular weight is 270 g/mol. The van der Waals surface area contributed by atoms with E-state index in [0.29, 0.717) is 0 Å². The zero-order valence-electron chi connectivity index (χ0n) is 10.4. The number of carboxylic acid groups (broad SMARTS) is 1. The van der Waals surface area contributed by atoms with Gasteiger partial charge < -0.3 is 14.9 Å². The Balaban J connectivity index is 2.72. The topological polar surface area (TPSA) is 83.8 Å². The summed E-state index contributed by atoms with van der Waals surface area (Å²) in [5.41, 5.74) is 0.235. The first kappa shape index (κ1) is 15.1. The molecule has 0 aliphatic carbocycles. The number of carbonyl (C=O) groups excluding carboxylic acids is 1. The summed E-state index contributed by atoms with van der Waals surface area (Å²) < 4.78 is 18.4. The van der Waals surface area contributed by atoms with Crippen molar-refractivity contribution in [2.75, 3.05) is 6.61 Å². The Labute approximate surface area is 109 Å². The number of rotatable bonds is 6. The molecule has 5 nitrogen and oxygen atoms in total. The molecule has 0 aromatic heterocycles. The monoisotopic (exact) mass is 270 g/mol. The molecule has 0 bridgehead atoms. The Bertz CT molecular complexity index is 472. The first-order chi connectivity index (χ1) is 8.95. The maximum atomic E-state index is 13.7. The van der Waals surface area contributed by atoms with E-state index in [0.717, 1.165) is 6.07 Å². The van der Waals surface area contributed by atoms with Crippen molar-refractivity contribution >= 4 is 11.9 Å². The molecule has 1 atom stereocenters. The van der Waals surface area contributed by atoms with Gasteiger partial charge >= 0.3 is 11.9 Å². The van der Waals surface area contributed by atoms with Crippen LogP contribution in [0.25, 0.3) is 0 Å². The summed E-state index contributed by atoms with van der Waals surface area (Å²) >= 11 is 0. The summed E-state index contributed by atoms with van der Waals surface area (Å²) in [5, 5.41) is 17.9. The van der Waals surface area contributed by atoms with E-state index in [1.54, 1.807) is 6.92 Å². The van der Waals surface area contributed by atoms with Gasteiger partial charge in [-0.15, -0.1) is 0 Å². The first-order valence-electron chi connectivity index (χ1n) is 5.80. The fourth-order valence-electron chi connectivity index (χ4n) is 1.55. The second-order valence-corrected chi connectivity index (χ2v) is 3.90. The van der Waals surface area contributed by atoms with Gasteiger partial charge in [0.15, 0.2) is 6.10 Å².